The normalized spacial score (nSPS) is 12.9. The van der Waals surface area contributed by atoms with Crippen LogP contribution in [0.15, 0.2) is 0 Å². The van der Waals surface area contributed by atoms with E-state index in [0.717, 1.165) is 0 Å². The Morgan fingerprint density at radius 1 is 1.20 bits per heavy atom. The zero-order valence-electron chi connectivity index (χ0n) is 9.33. The summed E-state index contributed by atoms with van der Waals surface area (Å²) >= 11 is 0. The van der Waals surface area contributed by atoms with E-state index in [2.05, 4.69) is 0 Å². The molecule has 0 saturated carbocycles. The summed E-state index contributed by atoms with van der Waals surface area (Å²) in [6.45, 7) is 3.23. The van der Waals surface area contributed by atoms with E-state index in [-0.39, 0.29) is 16.9 Å². The van der Waals surface area contributed by atoms with Crippen molar-refractivity contribution in [1.82, 2.24) is 0 Å². The molecule has 0 aromatic rings. The maximum absolute atomic E-state index is 10.8. The van der Waals surface area contributed by atoms with Crippen LogP contribution >= 0.6 is 0 Å². The van der Waals surface area contributed by atoms with E-state index in [9.17, 15) is 4.79 Å². The highest BCUT2D eigenvalue weighted by Gasteiger charge is 2.49. The van der Waals surface area contributed by atoms with Gasteiger partial charge in [-0.05, 0) is 17.4 Å². The third-order valence-corrected chi connectivity index (χ3v) is 4.95. The minimum atomic E-state index is -2.85. The third kappa shape index (κ3) is 4.43. The number of carbonyl (C=O) groups is 1. The Labute approximate surface area is 96.4 Å². The number of ether oxygens (including phenoxy) is 1. The van der Waals surface area contributed by atoms with Gasteiger partial charge >= 0.3 is 14.8 Å². The van der Waals surface area contributed by atoms with Gasteiger partial charge in [-0.1, -0.05) is 6.92 Å². The van der Waals surface area contributed by atoms with E-state index in [0.29, 0.717) is 6.42 Å². The van der Waals surface area contributed by atoms with Crippen LogP contribution in [0.2, 0.25) is 0 Å². The fraction of sp³-hybridized carbons (Fsp3) is 0.875. The molecule has 0 rings (SSSR count). The van der Waals surface area contributed by atoms with Gasteiger partial charge in [0.25, 0.3) is 0 Å². The molecule has 5 nitrogen and oxygen atoms in total. The Bertz CT molecular complexity index is 176. The zero-order chi connectivity index (χ0) is 11.2. The lowest BCUT2D eigenvalue weighted by Crippen LogP contribution is -2.55. The summed E-state index contributed by atoms with van der Waals surface area (Å²) in [6.07, 6.45) is 0.599. The van der Waals surface area contributed by atoms with Crippen molar-refractivity contribution < 1.29 is 22.8 Å². The summed E-state index contributed by atoms with van der Waals surface area (Å²) in [7, 11) is 1.62. The van der Waals surface area contributed by atoms with Crippen molar-refractivity contribution in [1.29, 1.82) is 0 Å². The molecule has 1 atom stereocenters. The molecular weight excluding hydrogens is 232 g/mol. The van der Waals surface area contributed by atoms with Crippen LogP contribution < -0.4 is 0 Å². The van der Waals surface area contributed by atoms with Crippen LogP contribution in [0.4, 0.5) is 0 Å². The molecule has 15 heavy (non-hydrogen) atoms. The molecule has 0 N–H and O–H groups in total. The number of rotatable bonds is 6. The van der Waals surface area contributed by atoms with E-state index in [1.54, 1.807) is 0 Å². The molecule has 92 valence electrons. The summed E-state index contributed by atoms with van der Waals surface area (Å²) in [6, 6.07) is 0. The number of hydrogen-bond donors (Lipinski definition) is 0. The smallest absolute Gasteiger partial charge is 0.458 e. The highest BCUT2D eigenvalue weighted by Crippen LogP contribution is 2.17. The van der Waals surface area contributed by atoms with Gasteiger partial charge in [0, 0.05) is 28.3 Å². The lowest BCUT2D eigenvalue weighted by molar-refractivity contribution is -0.146. The van der Waals surface area contributed by atoms with Crippen molar-refractivity contribution in [3.63, 3.8) is 0 Å². The molecule has 0 aliphatic heterocycles. The van der Waals surface area contributed by atoms with Gasteiger partial charge in [0.15, 0.2) is 5.73 Å². The van der Waals surface area contributed by atoms with Crippen LogP contribution in [0.3, 0.4) is 0 Å². The SMILES string of the molecule is CCC(OC(C)=O)[Si](OC)(OC)OC.[SiH4]. The average molecular weight is 254 g/mol. The van der Waals surface area contributed by atoms with Crippen LogP contribution in [0.5, 0.6) is 0 Å². The summed E-state index contributed by atoms with van der Waals surface area (Å²) in [5.74, 6) is -0.361. The largest absolute Gasteiger partial charge is 0.543 e. The Balaban J connectivity index is 0. The van der Waals surface area contributed by atoms with E-state index < -0.39 is 14.5 Å². The lowest BCUT2D eigenvalue weighted by atomic mass is 10.5. The van der Waals surface area contributed by atoms with E-state index in [1.165, 1.54) is 28.3 Å². The van der Waals surface area contributed by atoms with Crippen LogP contribution in [0.25, 0.3) is 0 Å². The number of hydrogen-bond acceptors (Lipinski definition) is 5. The van der Waals surface area contributed by atoms with Crippen molar-refractivity contribution in [2.24, 2.45) is 0 Å². The highest BCUT2D eigenvalue weighted by atomic mass is 28.4. The molecule has 0 aromatic heterocycles. The van der Waals surface area contributed by atoms with E-state index >= 15 is 0 Å². The van der Waals surface area contributed by atoms with E-state index in [1.807, 2.05) is 6.92 Å². The Kier molecular flexibility index (Phi) is 9.16. The van der Waals surface area contributed by atoms with Crippen molar-refractivity contribution >= 4 is 25.7 Å². The Morgan fingerprint density at radius 3 is 1.80 bits per heavy atom. The van der Waals surface area contributed by atoms with Crippen LogP contribution in [0, 0.1) is 0 Å². The first-order valence-corrected chi connectivity index (χ1v) is 6.19. The van der Waals surface area contributed by atoms with Gasteiger partial charge in [-0.15, -0.1) is 0 Å². The van der Waals surface area contributed by atoms with Crippen molar-refractivity contribution in [3.8, 4) is 0 Å². The average Bonchev–Trinajstić information content (AvgIpc) is 2.19. The maximum Gasteiger partial charge on any atom is 0.543 e. The second-order valence-corrected chi connectivity index (χ2v) is 5.80. The van der Waals surface area contributed by atoms with Crippen LogP contribution in [-0.2, 0) is 22.8 Å². The predicted octanol–water partition coefficient (Wildman–Crippen LogP) is -0.706. The summed E-state index contributed by atoms with van der Waals surface area (Å²) in [5, 5.41) is 0. The molecule has 1 unspecified atom stereocenters. The summed E-state index contributed by atoms with van der Waals surface area (Å²) in [5.41, 5.74) is -0.444. The quantitative estimate of drug-likeness (QED) is 0.463. The van der Waals surface area contributed by atoms with Crippen molar-refractivity contribution in [2.75, 3.05) is 21.3 Å². The molecule has 0 spiro atoms. The third-order valence-electron chi connectivity index (χ3n) is 1.93. The Morgan fingerprint density at radius 2 is 1.60 bits per heavy atom. The minimum Gasteiger partial charge on any atom is -0.458 e. The molecular formula is C8H22O5Si2. The van der Waals surface area contributed by atoms with Gasteiger partial charge in [0.2, 0.25) is 0 Å². The monoisotopic (exact) mass is 254 g/mol. The molecule has 0 bridgehead atoms. The van der Waals surface area contributed by atoms with Crippen molar-refractivity contribution in [3.05, 3.63) is 0 Å². The minimum absolute atomic E-state index is 0. The lowest BCUT2D eigenvalue weighted by Gasteiger charge is -2.30. The molecule has 0 saturated heterocycles. The number of carbonyl (C=O) groups excluding carboxylic acids is 1. The zero-order valence-corrected chi connectivity index (χ0v) is 10.3. The standard InChI is InChI=1S/C8H18O5Si.H4Si/c1-6-8(13-7(2)9)14(10-3,11-4)12-5;/h8H,6H2,1-5H3;1H4. The first-order chi connectivity index (χ1) is 6.56. The molecule has 0 aliphatic rings. The second kappa shape index (κ2) is 8.00. The van der Waals surface area contributed by atoms with E-state index in [4.69, 9.17) is 18.0 Å². The van der Waals surface area contributed by atoms with Gasteiger partial charge < -0.3 is 18.0 Å². The fourth-order valence-electron chi connectivity index (χ4n) is 1.25. The molecule has 0 fully saturated rings. The van der Waals surface area contributed by atoms with Gasteiger partial charge in [-0.3, -0.25) is 4.79 Å². The topological polar surface area (TPSA) is 54.0 Å². The van der Waals surface area contributed by atoms with Gasteiger partial charge in [-0.2, -0.15) is 0 Å². The van der Waals surface area contributed by atoms with Gasteiger partial charge in [-0.25, -0.2) is 0 Å². The highest BCUT2D eigenvalue weighted by molar-refractivity contribution is 6.62. The van der Waals surface area contributed by atoms with Gasteiger partial charge in [0.1, 0.15) is 0 Å². The van der Waals surface area contributed by atoms with Gasteiger partial charge in [0.05, 0.1) is 0 Å². The second-order valence-electron chi connectivity index (χ2n) is 2.72. The van der Waals surface area contributed by atoms with Crippen molar-refractivity contribution in [2.45, 2.75) is 26.0 Å². The summed E-state index contributed by atoms with van der Waals surface area (Å²) < 4.78 is 20.7. The summed E-state index contributed by atoms with van der Waals surface area (Å²) in [4.78, 5) is 10.8. The maximum atomic E-state index is 10.8. The molecule has 0 amide bonds. The van der Waals surface area contributed by atoms with Crippen LogP contribution in [-0.4, -0.2) is 52.8 Å². The first-order valence-electron chi connectivity index (χ1n) is 4.39. The first kappa shape index (κ1) is 17.2. The molecule has 0 radical (unpaired) electrons. The number of esters is 1. The predicted molar refractivity (Wildman–Crippen MR) is 64.0 cm³/mol. The molecule has 0 aromatic carbocycles. The molecule has 0 heterocycles. The Hall–Kier alpha value is -0.216. The van der Waals surface area contributed by atoms with Crippen LogP contribution in [0.1, 0.15) is 20.3 Å². The molecule has 7 heteroatoms. The molecule has 0 aliphatic carbocycles. The fourth-order valence-corrected chi connectivity index (χ4v) is 3.35.